The lowest BCUT2D eigenvalue weighted by atomic mass is 10.1. The van der Waals surface area contributed by atoms with E-state index in [1.807, 2.05) is 0 Å². The van der Waals surface area contributed by atoms with Crippen molar-refractivity contribution in [1.82, 2.24) is 0 Å². The average molecular weight is 800 g/mol. The van der Waals surface area contributed by atoms with E-state index in [1.54, 1.807) is 0 Å². The normalized spacial score (nSPS) is 14.1. The molecule has 11 nitrogen and oxygen atoms in total. The van der Waals surface area contributed by atoms with Crippen LogP contribution < -0.4 is 5.73 Å². The number of esters is 2. The molecule has 320 valence electrons. The number of ether oxygens (including phenoxy) is 2. The van der Waals surface area contributed by atoms with Gasteiger partial charge < -0.3 is 25.2 Å². The number of carboxylic acid groups (broad SMARTS) is 1. The molecular weight excluding hydrogens is 721 g/mol. The predicted octanol–water partition coefficient (Wildman–Crippen LogP) is 11.2. The first-order valence-corrected chi connectivity index (χ1v) is 23.0. The lowest BCUT2D eigenvalue weighted by Crippen LogP contribution is -2.34. The Kier molecular flexibility index (Phi) is 37.0. The summed E-state index contributed by atoms with van der Waals surface area (Å²) in [6.07, 6.45) is 40.6. The van der Waals surface area contributed by atoms with Crippen molar-refractivity contribution in [2.24, 2.45) is 5.73 Å². The van der Waals surface area contributed by atoms with Gasteiger partial charge >= 0.3 is 25.7 Å². The average Bonchev–Trinajstić information content (AvgIpc) is 3.16. The molecule has 0 spiro atoms. The molecular formula is C43H78NO10P. The lowest BCUT2D eigenvalue weighted by Gasteiger charge is -2.20. The van der Waals surface area contributed by atoms with Crippen molar-refractivity contribution >= 4 is 25.7 Å². The number of phosphoric ester groups is 1. The van der Waals surface area contributed by atoms with E-state index < -0.39 is 51.1 Å². The number of carbonyl (C=O) groups excluding carboxylic acids is 2. The minimum absolute atomic E-state index is 0.144. The van der Waals surface area contributed by atoms with E-state index in [-0.39, 0.29) is 19.4 Å². The molecule has 0 aliphatic carbocycles. The number of phosphoric acid groups is 1. The molecule has 0 aromatic rings. The third-order valence-corrected chi connectivity index (χ3v) is 10.1. The van der Waals surface area contributed by atoms with Crippen LogP contribution in [-0.2, 0) is 37.5 Å². The van der Waals surface area contributed by atoms with Gasteiger partial charge in [-0.2, -0.15) is 0 Å². The molecule has 0 amide bonds. The van der Waals surface area contributed by atoms with Gasteiger partial charge in [0.2, 0.25) is 0 Å². The maximum Gasteiger partial charge on any atom is 0.472 e. The summed E-state index contributed by atoms with van der Waals surface area (Å²) < 4.78 is 32.7. The molecule has 0 aliphatic rings. The minimum Gasteiger partial charge on any atom is -0.480 e. The van der Waals surface area contributed by atoms with E-state index in [0.717, 1.165) is 83.5 Å². The van der Waals surface area contributed by atoms with Crippen LogP contribution in [0.5, 0.6) is 0 Å². The molecule has 0 aromatic carbocycles. The number of allylic oxidation sites excluding steroid dienone is 6. The maximum absolute atomic E-state index is 12.6. The molecule has 0 saturated heterocycles. The Balaban J connectivity index is 4.40. The van der Waals surface area contributed by atoms with Gasteiger partial charge in [0.1, 0.15) is 12.6 Å². The standard InChI is InChI=1S/C43H78NO10P/c1-3-5-7-9-11-13-15-17-19-21-22-24-26-28-30-32-34-41(45)51-36-39(37-52-55(49,50)53-38-40(44)43(47)48)54-42(46)35-33-31-29-27-25-23-20-18-16-14-12-10-8-6-4-2/h12,14,18-21,39-40H,3-11,13,15-17,22-38,44H2,1-2H3,(H,47,48)(H,49,50)/b14-12-,20-18-,21-19-. The fraction of sp³-hybridized carbons (Fsp3) is 0.791. The monoisotopic (exact) mass is 800 g/mol. The Morgan fingerprint density at radius 3 is 1.47 bits per heavy atom. The highest BCUT2D eigenvalue weighted by Crippen LogP contribution is 2.43. The van der Waals surface area contributed by atoms with Crippen LogP contribution in [0.3, 0.4) is 0 Å². The second-order valence-electron chi connectivity index (χ2n) is 14.5. The molecule has 0 bridgehead atoms. The van der Waals surface area contributed by atoms with Crippen molar-refractivity contribution in [3.05, 3.63) is 36.5 Å². The van der Waals surface area contributed by atoms with Gasteiger partial charge in [0, 0.05) is 12.8 Å². The summed E-state index contributed by atoms with van der Waals surface area (Å²) in [7, 11) is -4.72. The first-order valence-electron chi connectivity index (χ1n) is 21.5. The molecule has 4 N–H and O–H groups in total. The van der Waals surface area contributed by atoms with Crippen LogP contribution in [0.15, 0.2) is 36.5 Å². The Morgan fingerprint density at radius 1 is 0.564 bits per heavy atom. The molecule has 0 saturated carbocycles. The van der Waals surface area contributed by atoms with Crippen LogP contribution >= 0.6 is 7.82 Å². The van der Waals surface area contributed by atoms with E-state index in [0.29, 0.717) is 12.8 Å². The van der Waals surface area contributed by atoms with Gasteiger partial charge in [0.05, 0.1) is 13.2 Å². The zero-order chi connectivity index (χ0) is 40.7. The number of aliphatic carboxylic acids is 1. The zero-order valence-electron chi connectivity index (χ0n) is 34.5. The molecule has 3 unspecified atom stereocenters. The SMILES string of the molecule is CCCCC/C=C\C/C=C\CCCCCCCC(=O)OC(COC(=O)CCCCCCC/C=C\CCCCCCCCC)COP(=O)(O)OCC(N)C(=O)O. The second kappa shape index (κ2) is 38.6. The highest BCUT2D eigenvalue weighted by atomic mass is 31.2. The molecule has 3 atom stereocenters. The summed E-state index contributed by atoms with van der Waals surface area (Å²) in [6.45, 7) is 2.75. The van der Waals surface area contributed by atoms with E-state index in [4.69, 9.17) is 24.8 Å². The number of hydrogen-bond donors (Lipinski definition) is 3. The third-order valence-electron chi connectivity index (χ3n) is 9.11. The number of hydrogen-bond acceptors (Lipinski definition) is 9. The van der Waals surface area contributed by atoms with Crippen molar-refractivity contribution in [3.8, 4) is 0 Å². The molecule has 0 aromatic heterocycles. The van der Waals surface area contributed by atoms with Gasteiger partial charge in [-0.1, -0.05) is 140 Å². The van der Waals surface area contributed by atoms with E-state index in [2.05, 4.69) is 54.8 Å². The highest BCUT2D eigenvalue weighted by Gasteiger charge is 2.28. The summed E-state index contributed by atoms with van der Waals surface area (Å²) in [6, 6.07) is -1.52. The molecule has 0 aliphatic heterocycles. The molecule has 0 heterocycles. The number of carboxylic acids is 1. The highest BCUT2D eigenvalue weighted by molar-refractivity contribution is 7.47. The van der Waals surface area contributed by atoms with Crippen molar-refractivity contribution in [1.29, 1.82) is 0 Å². The second-order valence-corrected chi connectivity index (χ2v) is 15.9. The summed E-state index contributed by atoms with van der Waals surface area (Å²) in [5, 5.41) is 8.88. The van der Waals surface area contributed by atoms with Gasteiger partial charge in [-0.25, -0.2) is 4.57 Å². The Bertz CT molecular complexity index is 1080. The molecule has 0 rings (SSSR count). The summed E-state index contributed by atoms with van der Waals surface area (Å²) in [5.41, 5.74) is 5.33. The van der Waals surface area contributed by atoms with Gasteiger partial charge in [-0.05, 0) is 70.6 Å². The quantitative estimate of drug-likeness (QED) is 0.0233. The number of nitrogens with two attached hydrogens (primary N) is 1. The maximum atomic E-state index is 12.6. The molecule has 12 heteroatoms. The van der Waals surface area contributed by atoms with Crippen LogP contribution in [-0.4, -0.2) is 59.9 Å². The fourth-order valence-corrected chi connectivity index (χ4v) is 6.46. The minimum atomic E-state index is -4.72. The topological polar surface area (TPSA) is 172 Å². The Morgan fingerprint density at radius 2 is 0.964 bits per heavy atom. The van der Waals surface area contributed by atoms with Gasteiger partial charge in [-0.3, -0.25) is 23.4 Å². The first-order chi connectivity index (χ1) is 26.6. The van der Waals surface area contributed by atoms with E-state index >= 15 is 0 Å². The number of carbonyl (C=O) groups is 3. The van der Waals surface area contributed by atoms with Crippen LogP contribution in [0.1, 0.15) is 187 Å². The predicted molar refractivity (Wildman–Crippen MR) is 222 cm³/mol. The molecule has 0 fully saturated rings. The fourth-order valence-electron chi connectivity index (χ4n) is 5.68. The van der Waals surface area contributed by atoms with E-state index in [9.17, 15) is 23.8 Å². The summed E-state index contributed by atoms with van der Waals surface area (Å²) >= 11 is 0. The smallest absolute Gasteiger partial charge is 0.472 e. The van der Waals surface area contributed by atoms with Crippen molar-refractivity contribution < 1.29 is 47.5 Å². The molecule has 55 heavy (non-hydrogen) atoms. The summed E-state index contributed by atoms with van der Waals surface area (Å²) in [5.74, 6) is -2.41. The lowest BCUT2D eigenvalue weighted by molar-refractivity contribution is -0.161. The van der Waals surface area contributed by atoms with Crippen molar-refractivity contribution in [2.75, 3.05) is 19.8 Å². The van der Waals surface area contributed by atoms with Crippen molar-refractivity contribution in [3.63, 3.8) is 0 Å². The van der Waals surface area contributed by atoms with Gasteiger partial charge in [0.15, 0.2) is 6.10 Å². The van der Waals surface area contributed by atoms with Crippen molar-refractivity contribution in [2.45, 2.75) is 199 Å². The first kappa shape index (κ1) is 52.7. The van der Waals surface area contributed by atoms with Crippen LogP contribution in [0.25, 0.3) is 0 Å². The van der Waals surface area contributed by atoms with Crippen LogP contribution in [0.4, 0.5) is 0 Å². The zero-order valence-corrected chi connectivity index (χ0v) is 35.4. The molecule has 0 radical (unpaired) electrons. The Labute approximate surface area is 333 Å². The van der Waals surface area contributed by atoms with Gasteiger partial charge in [0.25, 0.3) is 0 Å². The number of rotatable bonds is 40. The van der Waals surface area contributed by atoms with Crippen LogP contribution in [0.2, 0.25) is 0 Å². The van der Waals surface area contributed by atoms with Gasteiger partial charge in [-0.15, -0.1) is 0 Å². The largest absolute Gasteiger partial charge is 0.480 e. The van der Waals surface area contributed by atoms with E-state index in [1.165, 1.54) is 64.2 Å². The third kappa shape index (κ3) is 38.4. The summed E-state index contributed by atoms with van der Waals surface area (Å²) in [4.78, 5) is 45.9. The van der Waals surface area contributed by atoms with Crippen LogP contribution in [0, 0.1) is 0 Å². The number of unbranched alkanes of at least 4 members (excludes halogenated alkanes) is 20. The Hall–Kier alpha value is -2.30.